The molecule has 0 saturated carbocycles. The summed E-state index contributed by atoms with van der Waals surface area (Å²) in [5.74, 6) is -0.264. The lowest BCUT2D eigenvalue weighted by molar-refractivity contribution is -0.140. The van der Waals surface area contributed by atoms with E-state index in [1.807, 2.05) is 31.2 Å². The van der Waals surface area contributed by atoms with Gasteiger partial charge < -0.3 is 19.9 Å². The van der Waals surface area contributed by atoms with Gasteiger partial charge in [0, 0.05) is 19.6 Å². The molecule has 2 N–H and O–H groups in total. The molecule has 1 aromatic rings. The number of methoxy groups -OCH3 is 1. The van der Waals surface area contributed by atoms with Gasteiger partial charge in [0.15, 0.2) is 0 Å². The molecule has 1 saturated heterocycles. The molecule has 1 atom stereocenters. The van der Waals surface area contributed by atoms with E-state index in [9.17, 15) is 9.59 Å². The molecule has 1 aliphatic rings. The third-order valence-corrected chi connectivity index (χ3v) is 4.50. The van der Waals surface area contributed by atoms with Crippen molar-refractivity contribution >= 4 is 11.9 Å². The number of hydrogen-bond acceptors (Lipinski definition) is 4. The predicted molar refractivity (Wildman–Crippen MR) is 89.2 cm³/mol. The molecule has 0 aromatic heterocycles. The first-order valence-electron chi connectivity index (χ1n) is 8.18. The van der Waals surface area contributed by atoms with E-state index in [1.54, 1.807) is 7.11 Å². The fourth-order valence-corrected chi connectivity index (χ4v) is 3.09. The summed E-state index contributed by atoms with van der Waals surface area (Å²) in [6.07, 6.45) is 1.28. The summed E-state index contributed by atoms with van der Waals surface area (Å²) in [7, 11) is 1.61. The number of ether oxygens (including phenoxy) is 2. The monoisotopic (exact) mass is 335 g/mol. The second kappa shape index (κ2) is 8.15. The van der Waals surface area contributed by atoms with Crippen molar-refractivity contribution in [3.8, 4) is 5.75 Å². The summed E-state index contributed by atoms with van der Waals surface area (Å²) in [4.78, 5) is 23.6. The Balaban J connectivity index is 2.00. The summed E-state index contributed by atoms with van der Waals surface area (Å²) in [5.41, 5.74) is 0.318. The summed E-state index contributed by atoms with van der Waals surface area (Å²) < 4.78 is 10.5. The number of carboxylic acid groups (broad SMARTS) is 1. The van der Waals surface area contributed by atoms with E-state index < -0.39 is 11.5 Å². The molecule has 1 fully saturated rings. The minimum absolute atomic E-state index is 0.0156. The molecule has 1 aromatic carbocycles. The Bertz CT molecular complexity index is 581. The van der Waals surface area contributed by atoms with Gasteiger partial charge in [-0.1, -0.05) is 19.1 Å². The van der Waals surface area contributed by atoms with Crippen LogP contribution in [0.1, 0.15) is 44.1 Å². The number of hydrogen-bond donors (Lipinski definition) is 2. The van der Waals surface area contributed by atoms with E-state index in [2.05, 4.69) is 5.32 Å². The zero-order valence-electron chi connectivity index (χ0n) is 14.2. The number of carboxylic acids is 1. The fraction of sp³-hybridized carbons (Fsp3) is 0.556. The van der Waals surface area contributed by atoms with Gasteiger partial charge in [-0.25, -0.2) is 0 Å². The fourth-order valence-electron chi connectivity index (χ4n) is 3.09. The van der Waals surface area contributed by atoms with Crippen LogP contribution < -0.4 is 10.1 Å². The van der Waals surface area contributed by atoms with Gasteiger partial charge in [0.25, 0.3) is 0 Å². The molecule has 6 heteroatoms. The largest absolute Gasteiger partial charge is 0.497 e. The number of amides is 1. The SMILES string of the molecule is COc1cccc(C(C)CC(=O)NC2(CC(=O)O)CCOCC2)c1. The highest BCUT2D eigenvalue weighted by molar-refractivity contribution is 5.79. The average molecular weight is 335 g/mol. The minimum atomic E-state index is -0.905. The lowest BCUT2D eigenvalue weighted by Gasteiger charge is -2.37. The number of rotatable bonds is 7. The average Bonchev–Trinajstić information content (AvgIpc) is 2.54. The van der Waals surface area contributed by atoms with Gasteiger partial charge in [0.1, 0.15) is 5.75 Å². The molecule has 0 spiro atoms. The first-order valence-corrected chi connectivity index (χ1v) is 8.18. The van der Waals surface area contributed by atoms with E-state index >= 15 is 0 Å². The maximum Gasteiger partial charge on any atom is 0.305 e. The van der Waals surface area contributed by atoms with Crippen molar-refractivity contribution < 1.29 is 24.2 Å². The van der Waals surface area contributed by atoms with Crippen molar-refractivity contribution in [2.45, 2.75) is 44.1 Å². The molecular weight excluding hydrogens is 310 g/mol. The van der Waals surface area contributed by atoms with E-state index in [0.29, 0.717) is 32.5 Å². The molecule has 0 radical (unpaired) electrons. The standard InChI is InChI=1S/C18H25NO5/c1-13(14-4-3-5-15(11-14)23-2)10-16(20)19-18(12-17(21)22)6-8-24-9-7-18/h3-5,11,13H,6-10,12H2,1-2H3,(H,19,20)(H,21,22). The highest BCUT2D eigenvalue weighted by Gasteiger charge is 2.36. The van der Waals surface area contributed by atoms with Crippen LogP contribution >= 0.6 is 0 Å². The van der Waals surface area contributed by atoms with Gasteiger partial charge in [-0.15, -0.1) is 0 Å². The number of carbonyl (C=O) groups excluding carboxylic acids is 1. The summed E-state index contributed by atoms with van der Waals surface area (Å²) in [5, 5.41) is 12.1. The Morgan fingerprint density at radius 1 is 1.38 bits per heavy atom. The topological polar surface area (TPSA) is 84.9 Å². The van der Waals surface area contributed by atoms with Crippen LogP contribution in [-0.4, -0.2) is 42.8 Å². The van der Waals surface area contributed by atoms with Crippen LogP contribution in [0.15, 0.2) is 24.3 Å². The number of nitrogens with one attached hydrogen (secondary N) is 1. The predicted octanol–water partition coefficient (Wildman–Crippen LogP) is 2.33. The molecule has 2 rings (SSSR count). The molecule has 6 nitrogen and oxygen atoms in total. The number of carbonyl (C=O) groups is 2. The molecule has 1 amide bonds. The minimum Gasteiger partial charge on any atom is -0.497 e. The zero-order chi connectivity index (χ0) is 17.6. The smallest absolute Gasteiger partial charge is 0.305 e. The second-order valence-electron chi connectivity index (χ2n) is 6.39. The van der Waals surface area contributed by atoms with Gasteiger partial charge in [0.05, 0.1) is 19.1 Å². The number of aliphatic carboxylic acids is 1. The maximum absolute atomic E-state index is 12.5. The Hall–Kier alpha value is -2.08. The first kappa shape index (κ1) is 18.3. The molecule has 1 aliphatic heterocycles. The van der Waals surface area contributed by atoms with Crippen LogP contribution in [-0.2, 0) is 14.3 Å². The molecule has 1 unspecified atom stereocenters. The zero-order valence-corrected chi connectivity index (χ0v) is 14.2. The van der Waals surface area contributed by atoms with E-state index in [-0.39, 0.29) is 18.2 Å². The van der Waals surface area contributed by atoms with E-state index in [0.717, 1.165) is 11.3 Å². The van der Waals surface area contributed by atoms with Crippen molar-refractivity contribution in [2.75, 3.05) is 20.3 Å². The highest BCUT2D eigenvalue weighted by atomic mass is 16.5. The van der Waals surface area contributed by atoms with Crippen LogP contribution in [0.2, 0.25) is 0 Å². The summed E-state index contributed by atoms with van der Waals surface area (Å²) >= 11 is 0. The summed E-state index contributed by atoms with van der Waals surface area (Å²) in [6, 6.07) is 7.63. The van der Waals surface area contributed by atoms with Crippen LogP contribution in [0, 0.1) is 0 Å². The third kappa shape index (κ3) is 4.96. The van der Waals surface area contributed by atoms with E-state index in [1.165, 1.54) is 0 Å². The normalized spacial score (nSPS) is 17.8. The van der Waals surface area contributed by atoms with Gasteiger partial charge in [-0.3, -0.25) is 9.59 Å². The Kier molecular flexibility index (Phi) is 6.20. The molecule has 1 heterocycles. The molecule has 0 aliphatic carbocycles. The molecule has 132 valence electrons. The van der Waals surface area contributed by atoms with Crippen LogP contribution in [0.5, 0.6) is 5.75 Å². The third-order valence-electron chi connectivity index (χ3n) is 4.50. The quantitative estimate of drug-likeness (QED) is 0.799. The molecular formula is C18H25NO5. The van der Waals surface area contributed by atoms with Crippen LogP contribution in [0.3, 0.4) is 0 Å². The first-order chi connectivity index (χ1) is 11.4. The Labute approximate surface area is 142 Å². The van der Waals surface area contributed by atoms with Gasteiger partial charge in [-0.05, 0) is 36.5 Å². The van der Waals surface area contributed by atoms with Gasteiger partial charge >= 0.3 is 5.97 Å². The second-order valence-corrected chi connectivity index (χ2v) is 6.39. The van der Waals surface area contributed by atoms with Crippen molar-refractivity contribution in [3.63, 3.8) is 0 Å². The van der Waals surface area contributed by atoms with Crippen molar-refractivity contribution in [3.05, 3.63) is 29.8 Å². The van der Waals surface area contributed by atoms with Gasteiger partial charge in [0.2, 0.25) is 5.91 Å². The van der Waals surface area contributed by atoms with Crippen LogP contribution in [0.4, 0.5) is 0 Å². The van der Waals surface area contributed by atoms with Gasteiger partial charge in [-0.2, -0.15) is 0 Å². The number of benzene rings is 1. The lowest BCUT2D eigenvalue weighted by Crippen LogP contribution is -2.53. The molecule has 0 bridgehead atoms. The van der Waals surface area contributed by atoms with Crippen molar-refractivity contribution in [2.24, 2.45) is 0 Å². The van der Waals surface area contributed by atoms with Crippen molar-refractivity contribution in [1.29, 1.82) is 0 Å². The summed E-state index contributed by atoms with van der Waals surface area (Å²) in [6.45, 7) is 2.92. The van der Waals surface area contributed by atoms with Crippen molar-refractivity contribution in [1.82, 2.24) is 5.32 Å². The molecule has 24 heavy (non-hydrogen) atoms. The lowest BCUT2D eigenvalue weighted by atomic mass is 9.86. The van der Waals surface area contributed by atoms with Crippen LogP contribution in [0.25, 0.3) is 0 Å². The Morgan fingerprint density at radius 3 is 2.71 bits per heavy atom. The Morgan fingerprint density at radius 2 is 2.08 bits per heavy atom. The maximum atomic E-state index is 12.5. The van der Waals surface area contributed by atoms with E-state index in [4.69, 9.17) is 14.6 Å². The highest BCUT2D eigenvalue weighted by Crippen LogP contribution is 2.27.